The molecule has 0 fully saturated rings. The van der Waals surface area contributed by atoms with Crippen LogP contribution in [-0.2, 0) is 0 Å². The van der Waals surface area contributed by atoms with E-state index >= 15 is 0 Å². The van der Waals surface area contributed by atoms with Crippen molar-refractivity contribution in [3.05, 3.63) is 36.5 Å². The molecule has 1 atom stereocenters. The van der Waals surface area contributed by atoms with Gasteiger partial charge in [-0.25, -0.2) is 0 Å². The Morgan fingerprint density at radius 1 is 1.29 bits per heavy atom. The van der Waals surface area contributed by atoms with Crippen LogP contribution in [0, 0.1) is 0 Å². The van der Waals surface area contributed by atoms with Gasteiger partial charge in [0, 0.05) is 12.5 Å². The molecule has 14 heavy (non-hydrogen) atoms. The number of ether oxygens (including phenoxy) is 1. The Bertz CT molecular complexity index is 487. The van der Waals surface area contributed by atoms with Crippen LogP contribution in [0.3, 0.4) is 0 Å². The van der Waals surface area contributed by atoms with E-state index in [1.165, 1.54) is 10.9 Å². The average Bonchev–Trinajstić information content (AvgIpc) is 2.60. The van der Waals surface area contributed by atoms with Gasteiger partial charge in [-0.15, -0.1) is 0 Å². The van der Waals surface area contributed by atoms with Gasteiger partial charge in [0.2, 0.25) is 0 Å². The van der Waals surface area contributed by atoms with E-state index in [1.807, 2.05) is 12.1 Å². The lowest BCUT2D eigenvalue weighted by Crippen LogP contribution is -2.37. The lowest BCUT2D eigenvalue weighted by Gasteiger charge is -2.01. The van der Waals surface area contributed by atoms with Crippen LogP contribution in [0.5, 0.6) is 5.75 Å². The van der Waals surface area contributed by atoms with Crippen molar-refractivity contribution >= 4 is 10.9 Å². The largest absolute Gasteiger partial charge is 0.427 e. The maximum Gasteiger partial charge on any atom is 0.302 e. The van der Waals surface area contributed by atoms with Gasteiger partial charge in [0.15, 0.2) is 11.9 Å². The highest BCUT2D eigenvalue weighted by Gasteiger charge is 2.31. The van der Waals surface area contributed by atoms with E-state index in [2.05, 4.69) is 35.9 Å². The molecular weight excluding hydrogens is 174 g/mol. The van der Waals surface area contributed by atoms with Gasteiger partial charge in [-0.05, 0) is 18.2 Å². The third-order valence-electron chi connectivity index (χ3n) is 2.73. The third kappa shape index (κ3) is 0.882. The van der Waals surface area contributed by atoms with Crippen LogP contribution in [-0.4, -0.2) is 0 Å². The van der Waals surface area contributed by atoms with E-state index in [-0.39, 0.29) is 6.23 Å². The number of hydrogen-bond donors (Lipinski definition) is 0. The van der Waals surface area contributed by atoms with Crippen molar-refractivity contribution in [2.24, 2.45) is 0 Å². The van der Waals surface area contributed by atoms with Crippen molar-refractivity contribution in [1.29, 1.82) is 0 Å². The summed E-state index contributed by atoms with van der Waals surface area (Å²) in [6, 6.07) is 10.4. The zero-order valence-electron chi connectivity index (χ0n) is 8.10. The van der Waals surface area contributed by atoms with Gasteiger partial charge in [0.1, 0.15) is 0 Å². The van der Waals surface area contributed by atoms with E-state index in [4.69, 9.17) is 4.74 Å². The smallest absolute Gasteiger partial charge is 0.302 e. The number of hydrogen-bond acceptors (Lipinski definition) is 1. The maximum absolute atomic E-state index is 5.84. The van der Waals surface area contributed by atoms with Crippen molar-refractivity contribution in [1.82, 2.24) is 0 Å². The predicted octanol–water partition coefficient (Wildman–Crippen LogP) is 2.43. The fourth-order valence-corrected chi connectivity index (χ4v) is 2.08. The number of aromatic nitrogens is 1. The minimum absolute atomic E-state index is 0.177. The fourth-order valence-electron chi connectivity index (χ4n) is 2.08. The normalized spacial score (nSPS) is 18.5. The fraction of sp³-hybridized carbons (Fsp3) is 0.250. The first-order chi connectivity index (χ1) is 6.90. The Labute approximate surface area is 82.7 Å². The molecule has 0 spiro atoms. The molecule has 3 rings (SSSR count). The van der Waals surface area contributed by atoms with E-state index in [0.29, 0.717) is 0 Å². The second kappa shape index (κ2) is 2.71. The highest BCUT2D eigenvalue weighted by atomic mass is 16.5. The monoisotopic (exact) mass is 186 g/mol. The molecule has 1 aliphatic rings. The van der Waals surface area contributed by atoms with Crippen LogP contribution in [0.4, 0.5) is 0 Å². The predicted molar refractivity (Wildman–Crippen MR) is 54.1 cm³/mol. The summed E-state index contributed by atoms with van der Waals surface area (Å²) in [7, 11) is 0. The molecule has 2 heteroatoms. The quantitative estimate of drug-likeness (QED) is 0.623. The molecule has 1 aliphatic heterocycles. The summed E-state index contributed by atoms with van der Waals surface area (Å²) in [6.07, 6.45) is 3.27. The topological polar surface area (TPSA) is 13.1 Å². The Hall–Kier alpha value is -1.57. The summed E-state index contributed by atoms with van der Waals surface area (Å²) >= 11 is 0. The van der Waals surface area contributed by atoms with Crippen LogP contribution in [0.2, 0.25) is 0 Å². The third-order valence-corrected chi connectivity index (χ3v) is 2.73. The molecule has 0 radical (unpaired) electrons. The SMILES string of the molecule is CCC1Oc2cccc3ccc[n+]1c23. The van der Waals surface area contributed by atoms with Gasteiger partial charge >= 0.3 is 6.23 Å². The molecule has 0 amide bonds. The molecule has 1 aromatic heterocycles. The summed E-state index contributed by atoms with van der Waals surface area (Å²) in [6.45, 7) is 2.14. The zero-order valence-corrected chi connectivity index (χ0v) is 8.10. The first-order valence-electron chi connectivity index (χ1n) is 4.99. The van der Waals surface area contributed by atoms with Gasteiger partial charge < -0.3 is 4.74 Å². The molecule has 0 bridgehead atoms. The van der Waals surface area contributed by atoms with Gasteiger partial charge in [0.25, 0.3) is 5.52 Å². The summed E-state index contributed by atoms with van der Waals surface area (Å²) in [4.78, 5) is 0. The van der Waals surface area contributed by atoms with Crippen LogP contribution >= 0.6 is 0 Å². The van der Waals surface area contributed by atoms with Crippen LogP contribution in [0.25, 0.3) is 10.9 Å². The standard InChI is InChI=1S/C12H12NO/c1-2-11-13-8-4-6-9-5-3-7-10(14-11)12(9)13/h3-8,11H,2H2,1H3/q+1. The van der Waals surface area contributed by atoms with Crippen molar-refractivity contribution < 1.29 is 9.30 Å². The minimum atomic E-state index is 0.177. The highest BCUT2D eigenvalue weighted by Crippen LogP contribution is 2.30. The number of rotatable bonds is 1. The maximum atomic E-state index is 5.84. The molecule has 0 saturated carbocycles. The molecule has 2 aromatic rings. The van der Waals surface area contributed by atoms with E-state index in [9.17, 15) is 0 Å². The summed E-state index contributed by atoms with van der Waals surface area (Å²) in [5, 5.41) is 1.25. The van der Waals surface area contributed by atoms with Crippen molar-refractivity contribution in [3.8, 4) is 5.75 Å². The van der Waals surface area contributed by atoms with Crippen LogP contribution in [0.15, 0.2) is 36.5 Å². The molecule has 0 N–H and O–H groups in total. The molecule has 2 nitrogen and oxygen atoms in total. The Balaban J connectivity index is 2.38. The first kappa shape index (κ1) is 7.80. The van der Waals surface area contributed by atoms with Crippen LogP contribution in [0.1, 0.15) is 19.6 Å². The zero-order chi connectivity index (χ0) is 9.54. The Kier molecular flexibility index (Phi) is 1.51. The van der Waals surface area contributed by atoms with Gasteiger partial charge in [-0.3, -0.25) is 0 Å². The van der Waals surface area contributed by atoms with E-state index in [0.717, 1.165) is 12.2 Å². The Morgan fingerprint density at radius 2 is 2.14 bits per heavy atom. The molecule has 1 aromatic carbocycles. The summed E-state index contributed by atoms with van der Waals surface area (Å²) in [5.74, 6) is 1.01. The molecule has 1 unspecified atom stereocenters. The van der Waals surface area contributed by atoms with Crippen molar-refractivity contribution in [2.45, 2.75) is 19.6 Å². The molecule has 70 valence electrons. The second-order valence-corrected chi connectivity index (χ2v) is 3.59. The van der Waals surface area contributed by atoms with Gasteiger partial charge in [-0.1, -0.05) is 13.0 Å². The number of benzene rings is 1. The molecule has 2 heterocycles. The lowest BCUT2D eigenvalue weighted by atomic mass is 10.2. The van der Waals surface area contributed by atoms with Gasteiger partial charge in [-0.2, -0.15) is 4.57 Å². The number of para-hydroxylation sites is 1. The molecular formula is C12H12NO+. The van der Waals surface area contributed by atoms with Crippen molar-refractivity contribution in [2.75, 3.05) is 0 Å². The van der Waals surface area contributed by atoms with Crippen LogP contribution < -0.4 is 9.30 Å². The minimum Gasteiger partial charge on any atom is -0.427 e. The first-order valence-corrected chi connectivity index (χ1v) is 4.99. The molecule has 0 saturated heterocycles. The van der Waals surface area contributed by atoms with E-state index < -0.39 is 0 Å². The molecule has 0 aliphatic carbocycles. The summed E-state index contributed by atoms with van der Waals surface area (Å²) < 4.78 is 8.05. The van der Waals surface area contributed by atoms with Crippen molar-refractivity contribution in [3.63, 3.8) is 0 Å². The number of pyridine rings is 1. The van der Waals surface area contributed by atoms with E-state index in [1.54, 1.807) is 0 Å². The number of nitrogens with zero attached hydrogens (tertiary/aromatic N) is 1. The Morgan fingerprint density at radius 3 is 3.00 bits per heavy atom. The highest BCUT2D eigenvalue weighted by molar-refractivity contribution is 5.81. The second-order valence-electron chi connectivity index (χ2n) is 3.59. The lowest BCUT2D eigenvalue weighted by molar-refractivity contribution is -0.719. The van der Waals surface area contributed by atoms with Gasteiger partial charge in [0.05, 0.1) is 5.39 Å². The summed E-state index contributed by atoms with van der Waals surface area (Å²) in [5.41, 5.74) is 1.22. The average molecular weight is 186 g/mol.